The van der Waals surface area contributed by atoms with Crippen LogP contribution in [0.2, 0.25) is 0 Å². The van der Waals surface area contributed by atoms with E-state index in [1.807, 2.05) is 0 Å². The van der Waals surface area contributed by atoms with Crippen LogP contribution in [-0.2, 0) is 9.53 Å². The maximum Gasteiger partial charge on any atom is 0.311 e. The van der Waals surface area contributed by atoms with Gasteiger partial charge in [-0.25, -0.2) is 0 Å². The summed E-state index contributed by atoms with van der Waals surface area (Å²) >= 11 is 0. The topological polar surface area (TPSA) is 63.6 Å². The van der Waals surface area contributed by atoms with Crippen molar-refractivity contribution in [2.24, 2.45) is 5.41 Å². The van der Waals surface area contributed by atoms with Gasteiger partial charge in [0.15, 0.2) is 12.4 Å². The molecule has 0 aliphatic carbocycles. The van der Waals surface area contributed by atoms with Crippen LogP contribution in [0.1, 0.15) is 31.1 Å². The highest BCUT2D eigenvalue weighted by Crippen LogP contribution is 2.15. The number of Topliss-reactive ketones (excluding diaryl/α,β-unsaturated/α-hetero) is 1. The van der Waals surface area contributed by atoms with E-state index in [0.717, 1.165) is 0 Å². The van der Waals surface area contributed by atoms with Crippen LogP contribution in [0.3, 0.4) is 0 Å². The lowest BCUT2D eigenvalue weighted by atomic mass is 9.97. The van der Waals surface area contributed by atoms with Gasteiger partial charge in [-0.05, 0) is 45.0 Å². The van der Waals surface area contributed by atoms with E-state index in [1.54, 1.807) is 20.8 Å². The van der Waals surface area contributed by atoms with Crippen LogP contribution in [0, 0.1) is 5.41 Å². The molecule has 0 atom stereocenters. The quantitative estimate of drug-likeness (QED) is 0.645. The van der Waals surface area contributed by atoms with Crippen molar-refractivity contribution < 1.29 is 19.4 Å². The summed E-state index contributed by atoms with van der Waals surface area (Å²) in [6, 6.07) is 5.81. The summed E-state index contributed by atoms with van der Waals surface area (Å²) in [5.41, 5.74) is -0.209. The molecule has 0 unspecified atom stereocenters. The number of phenolic OH excluding ortho intramolecular Hbond substituents is 1. The first-order chi connectivity index (χ1) is 7.80. The first-order valence-corrected chi connectivity index (χ1v) is 5.30. The van der Waals surface area contributed by atoms with Crippen molar-refractivity contribution in [2.75, 3.05) is 6.61 Å². The van der Waals surface area contributed by atoms with Crippen LogP contribution < -0.4 is 0 Å². The molecule has 0 amide bonds. The normalized spacial score (nSPS) is 11.0. The second kappa shape index (κ2) is 4.99. The fraction of sp³-hybridized carbons (Fsp3) is 0.385. The first kappa shape index (κ1) is 13.2. The Labute approximate surface area is 100 Å². The second-order valence-corrected chi connectivity index (χ2v) is 4.80. The molecule has 0 bridgehead atoms. The highest BCUT2D eigenvalue weighted by atomic mass is 16.5. The zero-order chi connectivity index (χ0) is 13.1. The van der Waals surface area contributed by atoms with Gasteiger partial charge in [0.05, 0.1) is 5.41 Å². The lowest BCUT2D eigenvalue weighted by molar-refractivity contribution is -0.151. The molecule has 0 saturated heterocycles. The molecule has 17 heavy (non-hydrogen) atoms. The molecule has 0 aliphatic heterocycles. The van der Waals surface area contributed by atoms with Crippen molar-refractivity contribution in [1.82, 2.24) is 0 Å². The van der Waals surface area contributed by atoms with E-state index < -0.39 is 11.4 Å². The molecule has 0 spiro atoms. The third kappa shape index (κ3) is 3.90. The van der Waals surface area contributed by atoms with E-state index in [9.17, 15) is 9.59 Å². The maximum absolute atomic E-state index is 11.6. The summed E-state index contributed by atoms with van der Waals surface area (Å²) in [4.78, 5) is 23.1. The minimum absolute atomic E-state index is 0.0910. The van der Waals surface area contributed by atoms with Gasteiger partial charge in [0.2, 0.25) is 0 Å². The van der Waals surface area contributed by atoms with Crippen LogP contribution in [0.4, 0.5) is 0 Å². The second-order valence-electron chi connectivity index (χ2n) is 4.80. The van der Waals surface area contributed by atoms with Gasteiger partial charge in [-0.1, -0.05) is 0 Å². The summed E-state index contributed by atoms with van der Waals surface area (Å²) in [7, 11) is 0. The number of esters is 1. The maximum atomic E-state index is 11.6. The lowest BCUT2D eigenvalue weighted by Gasteiger charge is -2.15. The predicted octanol–water partition coefficient (Wildman–Crippen LogP) is 2.16. The summed E-state index contributed by atoms with van der Waals surface area (Å²) in [6.07, 6.45) is 0. The van der Waals surface area contributed by atoms with Gasteiger partial charge in [-0.2, -0.15) is 0 Å². The van der Waals surface area contributed by atoms with Crippen LogP contribution in [0.25, 0.3) is 0 Å². The minimum atomic E-state index is -0.616. The molecular formula is C13H16O4. The monoisotopic (exact) mass is 236 g/mol. The van der Waals surface area contributed by atoms with Gasteiger partial charge in [0.1, 0.15) is 5.75 Å². The van der Waals surface area contributed by atoms with Crippen molar-refractivity contribution in [3.05, 3.63) is 29.8 Å². The van der Waals surface area contributed by atoms with Gasteiger partial charge in [0, 0.05) is 5.56 Å². The van der Waals surface area contributed by atoms with Gasteiger partial charge in [0.25, 0.3) is 0 Å². The Hall–Kier alpha value is -1.84. The number of rotatable bonds is 3. The van der Waals surface area contributed by atoms with Gasteiger partial charge in [-0.3, -0.25) is 9.59 Å². The molecule has 0 saturated carbocycles. The summed E-state index contributed by atoms with van der Waals surface area (Å²) in [5.74, 6) is -0.611. The van der Waals surface area contributed by atoms with E-state index in [1.165, 1.54) is 24.3 Å². The van der Waals surface area contributed by atoms with Crippen molar-refractivity contribution in [3.8, 4) is 5.75 Å². The number of aromatic hydroxyl groups is 1. The van der Waals surface area contributed by atoms with E-state index in [4.69, 9.17) is 9.84 Å². The fourth-order valence-electron chi connectivity index (χ4n) is 1.08. The number of carbonyl (C=O) groups excluding carboxylic acids is 2. The Morgan fingerprint density at radius 2 is 1.71 bits per heavy atom. The fourth-order valence-corrected chi connectivity index (χ4v) is 1.08. The molecule has 4 nitrogen and oxygen atoms in total. The zero-order valence-electron chi connectivity index (χ0n) is 10.2. The van der Waals surface area contributed by atoms with E-state index >= 15 is 0 Å². The number of hydrogen-bond acceptors (Lipinski definition) is 4. The van der Waals surface area contributed by atoms with Crippen molar-refractivity contribution >= 4 is 11.8 Å². The molecule has 0 radical (unpaired) electrons. The standard InChI is InChI=1S/C13H16O4/c1-13(2,3)12(16)17-8-11(15)9-4-6-10(14)7-5-9/h4-7,14H,8H2,1-3H3. The van der Waals surface area contributed by atoms with Crippen molar-refractivity contribution in [3.63, 3.8) is 0 Å². The minimum Gasteiger partial charge on any atom is -0.508 e. The smallest absolute Gasteiger partial charge is 0.311 e. The lowest BCUT2D eigenvalue weighted by Crippen LogP contribution is -2.25. The SMILES string of the molecule is CC(C)(C)C(=O)OCC(=O)c1ccc(O)cc1. The molecule has 0 fully saturated rings. The molecule has 1 aromatic carbocycles. The number of ketones is 1. The Morgan fingerprint density at radius 1 is 1.18 bits per heavy atom. The highest BCUT2D eigenvalue weighted by Gasteiger charge is 2.23. The number of hydrogen-bond donors (Lipinski definition) is 1. The Balaban J connectivity index is 2.56. The Morgan fingerprint density at radius 3 is 2.18 bits per heavy atom. The van der Waals surface area contributed by atoms with Crippen molar-refractivity contribution in [1.29, 1.82) is 0 Å². The molecule has 4 heteroatoms. The molecular weight excluding hydrogens is 220 g/mol. The zero-order valence-corrected chi connectivity index (χ0v) is 10.2. The predicted molar refractivity (Wildman–Crippen MR) is 62.9 cm³/mol. The number of carbonyl (C=O) groups is 2. The number of ether oxygens (including phenoxy) is 1. The molecule has 1 N–H and O–H groups in total. The van der Waals surface area contributed by atoms with Gasteiger partial charge < -0.3 is 9.84 Å². The largest absolute Gasteiger partial charge is 0.508 e. The third-order valence-electron chi connectivity index (χ3n) is 2.14. The average Bonchev–Trinajstić information content (AvgIpc) is 2.25. The molecule has 1 aromatic rings. The van der Waals surface area contributed by atoms with Crippen LogP contribution >= 0.6 is 0 Å². The van der Waals surface area contributed by atoms with Gasteiger partial charge >= 0.3 is 5.97 Å². The Kier molecular flexibility index (Phi) is 3.89. The number of benzene rings is 1. The molecule has 92 valence electrons. The number of phenols is 1. The summed E-state index contributed by atoms with van der Waals surface area (Å²) < 4.78 is 4.90. The van der Waals surface area contributed by atoms with Crippen molar-refractivity contribution in [2.45, 2.75) is 20.8 Å². The average molecular weight is 236 g/mol. The third-order valence-corrected chi connectivity index (χ3v) is 2.14. The summed E-state index contributed by atoms with van der Waals surface area (Å²) in [5, 5.41) is 9.07. The van der Waals surface area contributed by atoms with Gasteiger partial charge in [-0.15, -0.1) is 0 Å². The van der Waals surface area contributed by atoms with Crippen LogP contribution in [0.5, 0.6) is 5.75 Å². The first-order valence-electron chi connectivity index (χ1n) is 5.30. The van der Waals surface area contributed by atoms with E-state index in [0.29, 0.717) is 5.56 Å². The van der Waals surface area contributed by atoms with Crippen LogP contribution in [0.15, 0.2) is 24.3 Å². The van der Waals surface area contributed by atoms with E-state index in [2.05, 4.69) is 0 Å². The molecule has 1 rings (SSSR count). The molecule has 0 heterocycles. The van der Waals surface area contributed by atoms with Crippen LogP contribution in [-0.4, -0.2) is 23.5 Å². The molecule has 0 aromatic heterocycles. The van der Waals surface area contributed by atoms with E-state index in [-0.39, 0.29) is 18.1 Å². The highest BCUT2D eigenvalue weighted by molar-refractivity contribution is 5.98. The molecule has 0 aliphatic rings. The summed E-state index contributed by atoms with van der Waals surface area (Å²) in [6.45, 7) is 4.89. The Bertz CT molecular complexity index is 412.